The normalized spacial score (nSPS) is 21.5. The molecular weight excluding hydrogens is 234 g/mol. The predicted molar refractivity (Wildman–Crippen MR) is 78.8 cm³/mol. The van der Waals surface area contributed by atoms with E-state index >= 15 is 0 Å². The zero-order valence-corrected chi connectivity index (χ0v) is 11.2. The summed E-state index contributed by atoms with van der Waals surface area (Å²) in [5, 5.41) is 3.58. The van der Waals surface area contributed by atoms with Gasteiger partial charge in [0.25, 0.3) is 0 Å². The van der Waals surface area contributed by atoms with Gasteiger partial charge in [-0.25, -0.2) is 0 Å². The van der Waals surface area contributed by atoms with Crippen molar-refractivity contribution in [3.63, 3.8) is 0 Å². The lowest BCUT2D eigenvalue weighted by Gasteiger charge is -2.37. The molecule has 2 heteroatoms. The average Bonchev–Trinajstić information content (AvgIpc) is 2.43. The third-order valence-corrected chi connectivity index (χ3v) is 3.85. The third kappa shape index (κ3) is 2.73. The van der Waals surface area contributed by atoms with Crippen molar-refractivity contribution in [2.75, 3.05) is 12.4 Å². The van der Waals surface area contributed by atoms with Gasteiger partial charge >= 0.3 is 0 Å². The fourth-order valence-corrected chi connectivity index (χ4v) is 2.67. The smallest absolute Gasteiger partial charge is 0.119 e. The molecule has 0 bridgehead atoms. The number of benzene rings is 2. The van der Waals surface area contributed by atoms with Gasteiger partial charge in [0.05, 0.1) is 7.11 Å². The van der Waals surface area contributed by atoms with Gasteiger partial charge in [0.2, 0.25) is 0 Å². The fraction of sp³-hybridized carbons (Fsp3) is 0.294. The summed E-state index contributed by atoms with van der Waals surface area (Å²) in [6, 6.07) is 19.5. The van der Waals surface area contributed by atoms with Crippen molar-refractivity contribution in [2.45, 2.75) is 24.8 Å². The van der Waals surface area contributed by atoms with Gasteiger partial charge in [0.15, 0.2) is 0 Å². The van der Waals surface area contributed by atoms with Crippen LogP contribution < -0.4 is 10.1 Å². The summed E-state index contributed by atoms with van der Waals surface area (Å²) in [6.07, 6.45) is 2.39. The Kier molecular flexibility index (Phi) is 3.41. The lowest BCUT2D eigenvalue weighted by atomic mass is 9.76. The molecule has 0 heterocycles. The molecule has 2 aromatic carbocycles. The van der Waals surface area contributed by atoms with Gasteiger partial charge in [-0.05, 0) is 48.6 Å². The van der Waals surface area contributed by atoms with Crippen molar-refractivity contribution >= 4 is 5.69 Å². The Morgan fingerprint density at radius 3 is 2.53 bits per heavy atom. The molecule has 0 radical (unpaired) electrons. The summed E-state index contributed by atoms with van der Waals surface area (Å²) >= 11 is 0. The van der Waals surface area contributed by atoms with E-state index in [0.29, 0.717) is 12.0 Å². The van der Waals surface area contributed by atoms with E-state index in [1.165, 1.54) is 24.1 Å². The highest BCUT2D eigenvalue weighted by Crippen LogP contribution is 2.39. The first-order chi connectivity index (χ1) is 9.35. The topological polar surface area (TPSA) is 21.3 Å². The second-order valence-electron chi connectivity index (χ2n) is 5.15. The third-order valence-electron chi connectivity index (χ3n) is 3.85. The number of nitrogens with one attached hydrogen (secondary N) is 1. The van der Waals surface area contributed by atoms with Crippen molar-refractivity contribution in [2.24, 2.45) is 0 Å². The molecule has 2 nitrogen and oxygen atoms in total. The molecule has 0 aliphatic heterocycles. The minimum atomic E-state index is 0.596. The van der Waals surface area contributed by atoms with Gasteiger partial charge in [0.1, 0.15) is 5.75 Å². The molecule has 3 rings (SSSR count). The summed E-state index contributed by atoms with van der Waals surface area (Å²) in [5.41, 5.74) is 2.61. The first-order valence-corrected chi connectivity index (χ1v) is 6.80. The summed E-state index contributed by atoms with van der Waals surface area (Å²) in [6.45, 7) is 0. The van der Waals surface area contributed by atoms with Crippen LogP contribution in [0.25, 0.3) is 0 Å². The monoisotopic (exact) mass is 253 g/mol. The van der Waals surface area contributed by atoms with Crippen molar-refractivity contribution in [3.8, 4) is 5.75 Å². The lowest BCUT2D eigenvalue weighted by Crippen LogP contribution is -2.33. The van der Waals surface area contributed by atoms with E-state index in [2.05, 4.69) is 47.8 Å². The second-order valence-corrected chi connectivity index (χ2v) is 5.15. The van der Waals surface area contributed by atoms with Crippen LogP contribution in [0.4, 0.5) is 5.69 Å². The second kappa shape index (κ2) is 5.35. The Balaban J connectivity index is 1.57. The van der Waals surface area contributed by atoms with Crippen LogP contribution in [-0.4, -0.2) is 13.2 Å². The average molecular weight is 253 g/mol. The first-order valence-electron chi connectivity index (χ1n) is 6.80. The van der Waals surface area contributed by atoms with Crippen molar-refractivity contribution in [3.05, 3.63) is 60.2 Å². The summed E-state index contributed by atoms with van der Waals surface area (Å²) < 4.78 is 5.28. The van der Waals surface area contributed by atoms with E-state index in [-0.39, 0.29) is 0 Å². The molecule has 98 valence electrons. The maximum absolute atomic E-state index is 5.28. The largest absolute Gasteiger partial charge is 0.497 e. The number of hydrogen-bond donors (Lipinski definition) is 1. The molecule has 0 amide bonds. The molecule has 0 spiro atoms. The Hall–Kier alpha value is -1.96. The number of methoxy groups -OCH3 is 1. The minimum absolute atomic E-state index is 0.596. The van der Waals surface area contributed by atoms with Gasteiger partial charge in [-0.15, -0.1) is 0 Å². The quantitative estimate of drug-likeness (QED) is 0.887. The van der Waals surface area contributed by atoms with Crippen molar-refractivity contribution in [1.82, 2.24) is 0 Å². The molecular formula is C17H19NO. The SMILES string of the molecule is COc1cccc(C2CC(Nc3ccccc3)C2)c1. The molecule has 1 aliphatic rings. The van der Waals surface area contributed by atoms with E-state index in [1.54, 1.807) is 7.11 Å². The van der Waals surface area contributed by atoms with E-state index in [1.807, 2.05) is 12.1 Å². The highest BCUT2D eigenvalue weighted by molar-refractivity contribution is 5.44. The van der Waals surface area contributed by atoms with Crippen LogP contribution in [0, 0.1) is 0 Å². The number of anilines is 1. The van der Waals surface area contributed by atoms with E-state index < -0.39 is 0 Å². The minimum Gasteiger partial charge on any atom is -0.497 e. The van der Waals surface area contributed by atoms with Crippen molar-refractivity contribution < 1.29 is 4.74 Å². The molecule has 1 N–H and O–H groups in total. The van der Waals surface area contributed by atoms with E-state index in [4.69, 9.17) is 4.74 Å². The summed E-state index contributed by atoms with van der Waals surface area (Å²) in [5.74, 6) is 1.62. The molecule has 19 heavy (non-hydrogen) atoms. The standard InChI is InChI=1S/C17H19NO/c1-19-17-9-5-6-13(12-17)14-10-16(11-14)18-15-7-3-2-4-8-15/h2-9,12,14,16,18H,10-11H2,1H3. The van der Waals surface area contributed by atoms with Crippen LogP contribution in [0.3, 0.4) is 0 Å². The Morgan fingerprint density at radius 2 is 1.79 bits per heavy atom. The number of ether oxygens (including phenoxy) is 1. The van der Waals surface area contributed by atoms with Gasteiger partial charge in [-0.3, -0.25) is 0 Å². The summed E-state index contributed by atoms with van der Waals surface area (Å²) in [4.78, 5) is 0. The zero-order valence-electron chi connectivity index (χ0n) is 11.2. The maximum Gasteiger partial charge on any atom is 0.119 e. The van der Waals surface area contributed by atoms with Gasteiger partial charge < -0.3 is 10.1 Å². The molecule has 0 saturated heterocycles. The molecule has 1 aliphatic carbocycles. The number of hydrogen-bond acceptors (Lipinski definition) is 2. The van der Waals surface area contributed by atoms with Crippen LogP contribution in [0.1, 0.15) is 24.3 Å². The molecule has 1 saturated carbocycles. The van der Waals surface area contributed by atoms with Crippen LogP contribution >= 0.6 is 0 Å². The molecule has 0 atom stereocenters. The van der Waals surface area contributed by atoms with E-state index in [9.17, 15) is 0 Å². The highest BCUT2D eigenvalue weighted by atomic mass is 16.5. The molecule has 1 fully saturated rings. The number of para-hydroxylation sites is 1. The lowest BCUT2D eigenvalue weighted by molar-refractivity contribution is 0.370. The molecule has 0 aromatic heterocycles. The molecule has 0 unspecified atom stereocenters. The van der Waals surface area contributed by atoms with Gasteiger partial charge in [-0.2, -0.15) is 0 Å². The van der Waals surface area contributed by atoms with Crippen LogP contribution in [-0.2, 0) is 0 Å². The summed E-state index contributed by atoms with van der Waals surface area (Å²) in [7, 11) is 1.72. The van der Waals surface area contributed by atoms with Crippen molar-refractivity contribution in [1.29, 1.82) is 0 Å². The Morgan fingerprint density at radius 1 is 1.00 bits per heavy atom. The van der Waals surface area contributed by atoms with Crippen LogP contribution in [0.2, 0.25) is 0 Å². The van der Waals surface area contributed by atoms with Crippen LogP contribution in [0.5, 0.6) is 5.75 Å². The van der Waals surface area contributed by atoms with Gasteiger partial charge in [0, 0.05) is 11.7 Å². The maximum atomic E-state index is 5.28. The number of rotatable bonds is 4. The van der Waals surface area contributed by atoms with E-state index in [0.717, 1.165) is 5.75 Å². The zero-order chi connectivity index (χ0) is 13.1. The Bertz CT molecular complexity index is 532. The fourth-order valence-electron chi connectivity index (χ4n) is 2.67. The first kappa shape index (κ1) is 12.1. The van der Waals surface area contributed by atoms with Gasteiger partial charge in [-0.1, -0.05) is 30.3 Å². The predicted octanol–water partition coefficient (Wildman–Crippen LogP) is 4.05. The molecule has 2 aromatic rings. The highest BCUT2D eigenvalue weighted by Gasteiger charge is 2.30. The Labute approximate surface area is 114 Å². The van der Waals surface area contributed by atoms with Crippen LogP contribution in [0.15, 0.2) is 54.6 Å².